The molecular weight excluding hydrogens is 340 g/mol. The van der Waals surface area contributed by atoms with Gasteiger partial charge in [-0.15, -0.1) is 11.3 Å². The summed E-state index contributed by atoms with van der Waals surface area (Å²) in [5.41, 5.74) is 4.64. The van der Waals surface area contributed by atoms with E-state index in [-0.39, 0.29) is 0 Å². The van der Waals surface area contributed by atoms with Crippen LogP contribution in [-0.4, -0.2) is 12.1 Å². The fourth-order valence-electron chi connectivity index (χ4n) is 3.47. The van der Waals surface area contributed by atoms with Crippen LogP contribution in [0.15, 0.2) is 53.9 Å². The molecule has 26 heavy (non-hydrogen) atoms. The van der Waals surface area contributed by atoms with E-state index in [0.29, 0.717) is 0 Å². The van der Waals surface area contributed by atoms with Gasteiger partial charge in [-0.25, -0.2) is 4.98 Å². The van der Waals surface area contributed by atoms with Crippen molar-refractivity contribution in [2.75, 3.05) is 12.4 Å². The molecule has 0 atom stereocenters. The Bertz CT molecular complexity index is 851. The second-order valence-corrected chi connectivity index (χ2v) is 7.52. The van der Waals surface area contributed by atoms with Crippen LogP contribution >= 0.6 is 11.3 Å². The second-order valence-electron chi connectivity index (χ2n) is 6.66. The summed E-state index contributed by atoms with van der Waals surface area (Å²) in [4.78, 5) is 4.74. The minimum atomic E-state index is 0.717. The molecule has 4 rings (SSSR count). The molecule has 1 aromatic heterocycles. The lowest BCUT2D eigenvalue weighted by atomic mass is 9.84. The summed E-state index contributed by atoms with van der Waals surface area (Å²) in [6.45, 7) is 0. The molecule has 1 radical (unpaired) electrons. The van der Waals surface area contributed by atoms with Gasteiger partial charge in [0.25, 0.3) is 0 Å². The summed E-state index contributed by atoms with van der Waals surface area (Å²) in [7, 11) is 1.68. The number of aromatic nitrogens is 1. The highest BCUT2D eigenvalue weighted by molar-refractivity contribution is 7.14. The fourth-order valence-corrected chi connectivity index (χ4v) is 4.21. The first kappa shape index (κ1) is 17.1. The molecule has 1 aliphatic carbocycles. The number of nitrogens with zero attached hydrogens (tertiary/aromatic N) is 1. The Morgan fingerprint density at radius 3 is 2.65 bits per heavy atom. The summed E-state index contributed by atoms with van der Waals surface area (Å²) < 4.78 is 5.27. The van der Waals surface area contributed by atoms with Crippen molar-refractivity contribution in [2.24, 2.45) is 0 Å². The van der Waals surface area contributed by atoms with E-state index in [1.54, 1.807) is 18.4 Å². The van der Waals surface area contributed by atoms with Crippen molar-refractivity contribution in [3.63, 3.8) is 0 Å². The highest BCUT2D eigenvalue weighted by Crippen LogP contribution is 2.34. The minimum Gasteiger partial charge on any atom is -0.497 e. The van der Waals surface area contributed by atoms with E-state index in [4.69, 9.17) is 9.72 Å². The molecular formula is C22H23N2OS. The summed E-state index contributed by atoms with van der Waals surface area (Å²) in [6, 6.07) is 16.9. The number of benzene rings is 2. The van der Waals surface area contributed by atoms with Gasteiger partial charge in [-0.05, 0) is 55.7 Å². The van der Waals surface area contributed by atoms with Crippen LogP contribution in [0.5, 0.6) is 5.75 Å². The molecule has 1 heterocycles. The largest absolute Gasteiger partial charge is 0.497 e. The first-order chi connectivity index (χ1) is 12.8. The van der Waals surface area contributed by atoms with E-state index in [2.05, 4.69) is 41.4 Å². The Kier molecular flexibility index (Phi) is 5.21. The molecule has 0 bridgehead atoms. The zero-order valence-corrected chi connectivity index (χ0v) is 15.8. The average molecular weight is 364 g/mol. The van der Waals surface area contributed by atoms with Gasteiger partial charge in [0, 0.05) is 22.7 Å². The van der Waals surface area contributed by atoms with Crippen LogP contribution in [0, 0.1) is 6.42 Å². The van der Waals surface area contributed by atoms with Crippen LogP contribution < -0.4 is 10.1 Å². The van der Waals surface area contributed by atoms with E-state index in [1.165, 1.54) is 36.8 Å². The lowest BCUT2D eigenvalue weighted by Crippen LogP contribution is -2.04. The normalized spacial score (nSPS) is 15.0. The third kappa shape index (κ3) is 3.91. The number of hydrogen-bond acceptors (Lipinski definition) is 4. The molecule has 2 aromatic carbocycles. The predicted octanol–water partition coefficient (Wildman–Crippen LogP) is 6.42. The van der Waals surface area contributed by atoms with Gasteiger partial charge < -0.3 is 10.1 Å². The van der Waals surface area contributed by atoms with Crippen molar-refractivity contribution in [1.82, 2.24) is 4.98 Å². The average Bonchev–Trinajstić information content (AvgIpc) is 3.17. The molecule has 1 fully saturated rings. The van der Waals surface area contributed by atoms with Crippen LogP contribution in [0.1, 0.15) is 37.2 Å². The first-order valence-electron chi connectivity index (χ1n) is 9.10. The fraction of sp³-hybridized carbons (Fsp3) is 0.273. The Hall–Kier alpha value is -2.33. The maximum absolute atomic E-state index is 5.27. The summed E-state index contributed by atoms with van der Waals surface area (Å²) in [5, 5.41) is 6.35. The van der Waals surface area contributed by atoms with Gasteiger partial charge in [-0.3, -0.25) is 0 Å². The van der Waals surface area contributed by atoms with Gasteiger partial charge in [-0.1, -0.05) is 30.3 Å². The number of ether oxygens (including phenoxy) is 1. The number of rotatable bonds is 5. The zero-order chi connectivity index (χ0) is 17.8. The van der Waals surface area contributed by atoms with Crippen molar-refractivity contribution < 1.29 is 4.74 Å². The third-order valence-corrected chi connectivity index (χ3v) is 5.70. The third-order valence-electron chi connectivity index (χ3n) is 4.94. The van der Waals surface area contributed by atoms with Crippen LogP contribution in [0.2, 0.25) is 0 Å². The molecule has 0 unspecified atom stereocenters. The second kappa shape index (κ2) is 7.92. The quantitative estimate of drug-likeness (QED) is 0.567. The van der Waals surface area contributed by atoms with E-state index in [1.807, 2.05) is 24.3 Å². The molecule has 0 aliphatic heterocycles. The Morgan fingerprint density at radius 2 is 1.88 bits per heavy atom. The van der Waals surface area contributed by atoms with Gasteiger partial charge in [0.1, 0.15) is 5.75 Å². The lowest BCUT2D eigenvalue weighted by molar-refractivity contribution is 0.415. The number of anilines is 2. The highest BCUT2D eigenvalue weighted by Gasteiger charge is 2.15. The van der Waals surface area contributed by atoms with Crippen LogP contribution in [0.3, 0.4) is 0 Å². The molecule has 4 heteroatoms. The van der Waals surface area contributed by atoms with Crippen molar-refractivity contribution in [3.8, 4) is 17.0 Å². The van der Waals surface area contributed by atoms with E-state index in [9.17, 15) is 0 Å². The molecule has 1 aliphatic rings. The van der Waals surface area contributed by atoms with Gasteiger partial charge in [0.05, 0.1) is 12.8 Å². The standard InChI is InChI=1S/C22H23N2OS/c1-25-20-9-5-8-19(14-20)23-22-24-21(15-26-22)18-12-10-17(11-13-18)16-6-3-2-4-7-16/h2,5,8-16H,3-4,6-7H2,1H3,(H,23,24). The molecule has 0 spiro atoms. The Labute approximate surface area is 159 Å². The smallest absolute Gasteiger partial charge is 0.187 e. The number of nitrogens with one attached hydrogen (secondary N) is 1. The lowest BCUT2D eigenvalue weighted by Gasteiger charge is -2.21. The molecule has 1 N–H and O–H groups in total. The number of hydrogen-bond donors (Lipinski definition) is 1. The highest BCUT2D eigenvalue weighted by atomic mass is 32.1. The summed E-state index contributed by atoms with van der Waals surface area (Å²) in [6.07, 6.45) is 7.47. The maximum atomic E-state index is 5.27. The zero-order valence-electron chi connectivity index (χ0n) is 14.9. The van der Waals surface area contributed by atoms with Crippen molar-refractivity contribution in [1.29, 1.82) is 0 Å². The molecule has 3 nitrogen and oxygen atoms in total. The Balaban J connectivity index is 1.47. The van der Waals surface area contributed by atoms with Crippen LogP contribution in [0.25, 0.3) is 11.3 Å². The van der Waals surface area contributed by atoms with Crippen molar-refractivity contribution >= 4 is 22.2 Å². The molecule has 0 saturated heterocycles. The predicted molar refractivity (Wildman–Crippen MR) is 109 cm³/mol. The Morgan fingerprint density at radius 1 is 1.08 bits per heavy atom. The first-order valence-corrected chi connectivity index (χ1v) is 9.98. The minimum absolute atomic E-state index is 0.717. The molecule has 1 saturated carbocycles. The molecule has 0 amide bonds. The van der Waals surface area contributed by atoms with Gasteiger partial charge >= 0.3 is 0 Å². The van der Waals surface area contributed by atoms with Gasteiger partial charge in [0.2, 0.25) is 0 Å². The molecule has 133 valence electrons. The van der Waals surface area contributed by atoms with E-state index < -0.39 is 0 Å². The van der Waals surface area contributed by atoms with Gasteiger partial charge in [-0.2, -0.15) is 0 Å². The van der Waals surface area contributed by atoms with E-state index >= 15 is 0 Å². The summed E-state index contributed by atoms with van der Waals surface area (Å²) >= 11 is 1.62. The SMILES string of the molecule is COc1cccc(Nc2nc(-c3ccc(C4CC[CH]CC4)cc3)cs2)c1. The van der Waals surface area contributed by atoms with Crippen molar-refractivity contribution in [2.45, 2.75) is 31.6 Å². The topological polar surface area (TPSA) is 34.1 Å². The number of thiazole rings is 1. The van der Waals surface area contributed by atoms with Crippen LogP contribution in [-0.2, 0) is 0 Å². The summed E-state index contributed by atoms with van der Waals surface area (Å²) in [5.74, 6) is 1.55. The van der Waals surface area contributed by atoms with Gasteiger partial charge in [0.15, 0.2) is 5.13 Å². The van der Waals surface area contributed by atoms with Crippen LogP contribution in [0.4, 0.5) is 10.8 Å². The molecule has 3 aromatic rings. The maximum Gasteiger partial charge on any atom is 0.187 e. The monoisotopic (exact) mass is 363 g/mol. The number of methoxy groups -OCH3 is 1. The van der Waals surface area contributed by atoms with E-state index in [0.717, 1.165) is 28.2 Å². The van der Waals surface area contributed by atoms with Crippen molar-refractivity contribution in [3.05, 3.63) is 65.9 Å².